The molecule has 0 aromatic heterocycles. The van der Waals surface area contributed by atoms with Crippen molar-refractivity contribution in [3.8, 4) is 0 Å². The summed E-state index contributed by atoms with van der Waals surface area (Å²) in [5, 5.41) is 11.1. The van der Waals surface area contributed by atoms with E-state index >= 15 is 0 Å². The highest BCUT2D eigenvalue weighted by molar-refractivity contribution is 7.89. The van der Waals surface area contributed by atoms with Crippen molar-refractivity contribution in [1.82, 2.24) is 9.21 Å². The highest BCUT2D eigenvalue weighted by atomic mass is 32.2. The first-order valence-electron chi connectivity index (χ1n) is 11.7. The van der Waals surface area contributed by atoms with Gasteiger partial charge >= 0.3 is 0 Å². The number of sulfonamides is 1. The van der Waals surface area contributed by atoms with Crippen LogP contribution in [0.4, 0.5) is 5.69 Å². The lowest BCUT2D eigenvalue weighted by Crippen LogP contribution is -2.44. The van der Waals surface area contributed by atoms with Crippen LogP contribution in [0.1, 0.15) is 54.0 Å². The van der Waals surface area contributed by atoms with E-state index in [0.717, 1.165) is 31.0 Å². The Morgan fingerprint density at radius 3 is 2.26 bits per heavy atom. The second kappa shape index (κ2) is 9.46. The predicted molar refractivity (Wildman–Crippen MR) is 129 cm³/mol. The maximum atomic E-state index is 13.4. The molecular formula is C25H31N3O5S. The molecule has 2 fully saturated rings. The molecule has 0 N–H and O–H groups in total. The van der Waals surface area contributed by atoms with Crippen molar-refractivity contribution in [2.75, 3.05) is 19.6 Å². The summed E-state index contributed by atoms with van der Waals surface area (Å²) in [6, 6.07) is 10.3. The van der Waals surface area contributed by atoms with Gasteiger partial charge in [-0.3, -0.25) is 14.9 Å². The number of nitro benzene ring substituents is 1. The Balaban J connectivity index is 1.46. The summed E-state index contributed by atoms with van der Waals surface area (Å²) in [7, 11) is -3.88. The number of nitrogens with zero attached hydrogens (tertiary/aromatic N) is 3. The summed E-state index contributed by atoms with van der Waals surface area (Å²) >= 11 is 0. The molecule has 2 saturated heterocycles. The van der Waals surface area contributed by atoms with Gasteiger partial charge in [0, 0.05) is 37.7 Å². The Kier molecular flexibility index (Phi) is 6.78. The van der Waals surface area contributed by atoms with Gasteiger partial charge < -0.3 is 4.90 Å². The van der Waals surface area contributed by atoms with Crippen LogP contribution in [-0.4, -0.2) is 48.1 Å². The molecule has 1 atom stereocenters. The molecule has 4 rings (SSSR count). The lowest BCUT2D eigenvalue weighted by atomic mass is 9.94. The van der Waals surface area contributed by atoms with Gasteiger partial charge in [0.1, 0.15) is 0 Å². The van der Waals surface area contributed by atoms with E-state index in [2.05, 4.69) is 32.0 Å². The molecule has 1 amide bonds. The van der Waals surface area contributed by atoms with Gasteiger partial charge in [0.15, 0.2) is 0 Å². The molecule has 1 unspecified atom stereocenters. The molecule has 2 aliphatic rings. The molecule has 0 spiro atoms. The van der Waals surface area contributed by atoms with E-state index in [9.17, 15) is 23.3 Å². The summed E-state index contributed by atoms with van der Waals surface area (Å²) in [5.74, 6) is -0.117. The van der Waals surface area contributed by atoms with Gasteiger partial charge in [0.25, 0.3) is 5.69 Å². The van der Waals surface area contributed by atoms with Crippen molar-refractivity contribution >= 4 is 21.6 Å². The van der Waals surface area contributed by atoms with Crippen LogP contribution in [0, 0.1) is 36.8 Å². The minimum absolute atomic E-state index is 0.0409. The SMILES string of the molecule is Cc1ccc(C2CCCN2C(=O)C2CCN(S(=O)(=O)c3cc([N+](=O)[O-])ccc3C)CC2)cc1C. The number of benzene rings is 2. The molecule has 0 radical (unpaired) electrons. The third-order valence-corrected chi connectivity index (χ3v) is 9.30. The van der Waals surface area contributed by atoms with Crippen LogP contribution in [0.2, 0.25) is 0 Å². The van der Waals surface area contributed by atoms with E-state index in [-0.39, 0.29) is 41.5 Å². The monoisotopic (exact) mass is 485 g/mol. The zero-order chi connectivity index (χ0) is 24.6. The normalized spacial score (nSPS) is 20.0. The molecule has 2 heterocycles. The van der Waals surface area contributed by atoms with Crippen LogP contribution in [0.5, 0.6) is 0 Å². The van der Waals surface area contributed by atoms with Crippen molar-refractivity contribution in [2.24, 2.45) is 5.92 Å². The quantitative estimate of drug-likeness (QED) is 0.465. The lowest BCUT2D eigenvalue weighted by Gasteiger charge is -2.34. The number of non-ortho nitro benzene ring substituents is 1. The lowest BCUT2D eigenvalue weighted by molar-refractivity contribution is -0.385. The number of nitro groups is 1. The first-order valence-corrected chi connectivity index (χ1v) is 13.2. The van der Waals surface area contributed by atoms with Crippen molar-refractivity contribution in [2.45, 2.75) is 57.4 Å². The van der Waals surface area contributed by atoms with E-state index in [1.54, 1.807) is 6.92 Å². The van der Waals surface area contributed by atoms with E-state index in [1.807, 2.05) is 4.90 Å². The highest BCUT2D eigenvalue weighted by Gasteiger charge is 2.38. The van der Waals surface area contributed by atoms with Gasteiger partial charge in [-0.2, -0.15) is 4.31 Å². The second-order valence-electron chi connectivity index (χ2n) is 9.42. The van der Waals surface area contributed by atoms with Crippen LogP contribution in [-0.2, 0) is 14.8 Å². The zero-order valence-electron chi connectivity index (χ0n) is 19.9. The fourth-order valence-corrected chi connectivity index (χ4v) is 6.76. The minimum Gasteiger partial charge on any atom is -0.335 e. The Morgan fingerprint density at radius 1 is 0.941 bits per heavy atom. The molecule has 34 heavy (non-hydrogen) atoms. The van der Waals surface area contributed by atoms with E-state index in [4.69, 9.17) is 0 Å². The molecule has 9 heteroatoms. The summed E-state index contributed by atoms with van der Waals surface area (Å²) < 4.78 is 27.8. The van der Waals surface area contributed by atoms with Crippen LogP contribution in [0.15, 0.2) is 41.3 Å². The fourth-order valence-electron chi connectivity index (χ4n) is 5.05. The Labute approximate surface area is 200 Å². The largest absolute Gasteiger partial charge is 0.335 e. The first kappa shape index (κ1) is 24.3. The number of hydrogen-bond donors (Lipinski definition) is 0. The second-order valence-corrected chi connectivity index (χ2v) is 11.3. The highest BCUT2D eigenvalue weighted by Crippen LogP contribution is 2.36. The average Bonchev–Trinajstić information content (AvgIpc) is 3.30. The topological polar surface area (TPSA) is 101 Å². The number of aryl methyl sites for hydroxylation is 3. The molecule has 8 nitrogen and oxygen atoms in total. The van der Waals surface area contributed by atoms with E-state index < -0.39 is 14.9 Å². The van der Waals surface area contributed by atoms with Crippen LogP contribution in [0.25, 0.3) is 0 Å². The van der Waals surface area contributed by atoms with Crippen molar-refractivity contribution in [3.63, 3.8) is 0 Å². The molecule has 2 aromatic carbocycles. The molecule has 182 valence electrons. The maximum absolute atomic E-state index is 13.4. The standard InChI is InChI=1S/C25H31N3O5S/c1-17-6-8-21(15-19(17)3)23-5-4-12-27(23)25(29)20-10-13-26(14-11-20)34(32,33)24-16-22(28(30)31)9-7-18(24)2/h6-9,15-16,20,23H,4-5,10-14H2,1-3H3. The number of hydrogen-bond acceptors (Lipinski definition) is 5. The Hall–Kier alpha value is -2.78. The number of carbonyl (C=O) groups excluding carboxylic acids is 1. The predicted octanol–water partition coefficient (Wildman–Crippen LogP) is 4.28. The van der Waals surface area contributed by atoms with Gasteiger partial charge in [0.2, 0.25) is 15.9 Å². The van der Waals surface area contributed by atoms with Crippen molar-refractivity contribution in [1.29, 1.82) is 0 Å². The van der Waals surface area contributed by atoms with Crippen LogP contribution < -0.4 is 0 Å². The number of piperidine rings is 1. The zero-order valence-corrected chi connectivity index (χ0v) is 20.7. The minimum atomic E-state index is -3.88. The Morgan fingerprint density at radius 2 is 1.62 bits per heavy atom. The Bertz CT molecular complexity index is 1220. The fraction of sp³-hybridized carbons (Fsp3) is 0.480. The molecule has 0 saturated carbocycles. The van der Waals surface area contributed by atoms with E-state index in [1.165, 1.54) is 27.6 Å². The average molecular weight is 486 g/mol. The molecule has 2 aliphatic heterocycles. The van der Waals surface area contributed by atoms with Gasteiger partial charge in [-0.25, -0.2) is 8.42 Å². The third kappa shape index (κ3) is 4.59. The third-order valence-electron chi connectivity index (χ3n) is 7.26. The number of carbonyl (C=O) groups is 1. The molecule has 2 aromatic rings. The van der Waals surface area contributed by atoms with Gasteiger partial charge in [-0.05, 0) is 68.7 Å². The number of rotatable bonds is 5. The smallest absolute Gasteiger partial charge is 0.270 e. The van der Waals surface area contributed by atoms with Gasteiger partial charge in [0.05, 0.1) is 15.9 Å². The van der Waals surface area contributed by atoms with Crippen molar-refractivity contribution in [3.05, 3.63) is 68.8 Å². The molecule has 0 aliphatic carbocycles. The van der Waals surface area contributed by atoms with Crippen molar-refractivity contribution < 1.29 is 18.1 Å². The maximum Gasteiger partial charge on any atom is 0.270 e. The molecular weight excluding hydrogens is 454 g/mol. The van der Waals surface area contributed by atoms with Gasteiger partial charge in [-0.15, -0.1) is 0 Å². The van der Waals surface area contributed by atoms with Gasteiger partial charge in [-0.1, -0.05) is 24.3 Å². The first-order chi connectivity index (χ1) is 16.1. The summed E-state index contributed by atoms with van der Waals surface area (Å²) in [6.45, 7) is 6.97. The van der Waals surface area contributed by atoms with Crippen LogP contribution >= 0.6 is 0 Å². The van der Waals surface area contributed by atoms with E-state index in [0.29, 0.717) is 18.4 Å². The van der Waals surface area contributed by atoms with Crippen LogP contribution in [0.3, 0.4) is 0 Å². The summed E-state index contributed by atoms with van der Waals surface area (Å²) in [6.07, 6.45) is 2.79. The number of amides is 1. The summed E-state index contributed by atoms with van der Waals surface area (Å²) in [4.78, 5) is 25.9. The number of likely N-dealkylation sites (tertiary alicyclic amines) is 1. The molecule has 0 bridgehead atoms. The summed E-state index contributed by atoms with van der Waals surface area (Å²) in [5.41, 5.74) is 3.83.